The molecule has 1 N–H and O–H groups in total. The van der Waals surface area contributed by atoms with Crippen LogP contribution in [0.5, 0.6) is 0 Å². The van der Waals surface area contributed by atoms with Crippen LogP contribution in [-0.4, -0.2) is 12.3 Å². The first-order valence-electron chi connectivity index (χ1n) is 6.91. The van der Waals surface area contributed by atoms with Crippen LogP contribution in [-0.2, 0) is 17.8 Å². The van der Waals surface area contributed by atoms with Crippen molar-refractivity contribution in [2.24, 2.45) is 0 Å². The summed E-state index contributed by atoms with van der Waals surface area (Å²) < 4.78 is 13.9. The molecule has 0 saturated heterocycles. The number of carbonyl (C=O) groups excluding carboxylic acids is 1. The normalized spacial score (nSPS) is 17.3. The Morgan fingerprint density at radius 3 is 2.90 bits per heavy atom. The Balaban J connectivity index is 1.85. The van der Waals surface area contributed by atoms with Gasteiger partial charge in [-0.3, -0.25) is 4.79 Å². The van der Waals surface area contributed by atoms with E-state index in [1.807, 2.05) is 24.3 Å². The van der Waals surface area contributed by atoms with E-state index in [1.54, 1.807) is 12.1 Å². The molecule has 2 aromatic carbocycles. The van der Waals surface area contributed by atoms with E-state index < -0.39 is 5.82 Å². The first-order valence-corrected chi connectivity index (χ1v) is 7.28. The van der Waals surface area contributed by atoms with E-state index in [2.05, 4.69) is 5.32 Å². The Hall–Kier alpha value is -1.71. The average molecular weight is 304 g/mol. The third-order valence-electron chi connectivity index (χ3n) is 3.88. The number of hydrogen-bond donors (Lipinski definition) is 1. The van der Waals surface area contributed by atoms with Gasteiger partial charge in [-0.1, -0.05) is 48.0 Å². The molecular formula is C17H15ClFNO. The van der Waals surface area contributed by atoms with Crippen molar-refractivity contribution in [3.63, 3.8) is 0 Å². The Morgan fingerprint density at radius 1 is 1.24 bits per heavy atom. The number of ketones is 1. The number of halogens is 2. The lowest BCUT2D eigenvalue weighted by Gasteiger charge is -2.25. The molecule has 1 aliphatic rings. The van der Waals surface area contributed by atoms with Crippen molar-refractivity contribution in [2.45, 2.75) is 18.9 Å². The summed E-state index contributed by atoms with van der Waals surface area (Å²) in [6, 6.07) is 12.7. The Morgan fingerprint density at radius 2 is 2.05 bits per heavy atom. The van der Waals surface area contributed by atoms with Crippen molar-refractivity contribution >= 4 is 17.4 Å². The minimum atomic E-state index is -0.496. The third kappa shape index (κ3) is 2.85. The number of benzene rings is 2. The zero-order valence-electron chi connectivity index (χ0n) is 11.4. The van der Waals surface area contributed by atoms with E-state index in [9.17, 15) is 9.18 Å². The fourth-order valence-electron chi connectivity index (χ4n) is 2.78. The monoisotopic (exact) mass is 303 g/mol. The number of hydrogen-bond acceptors (Lipinski definition) is 2. The SMILES string of the molecule is O=C(Cc1cccc(Cl)c1F)C1CNCc2ccccc21. The summed E-state index contributed by atoms with van der Waals surface area (Å²) in [5.41, 5.74) is 2.54. The highest BCUT2D eigenvalue weighted by atomic mass is 35.5. The quantitative estimate of drug-likeness (QED) is 0.940. The maximum absolute atomic E-state index is 13.9. The fourth-order valence-corrected chi connectivity index (χ4v) is 2.97. The van der Waals surface area contributed by atoms with Crippen LogP contribution in [0.4, 0.5) is 4.39 Å². The predicted molar refractivity (Wildman–Crippen MR) is 81.0 cm³/mol. The van der Waals surface area contributed by atoms with Gasteiger partial charge in [0.05, 0.1) is 10.9 Å². The Labute approximate surface area is 127 Å². The molecule has 1 aliphatic heterocycles. The molecule has 0 amide bonds. The van der Waals surface area contributed by atoms with Gasteiger partial charge in [-0.05, 0) is 22.8 Å². The van der Waals surface area contributed by atoms with Crippen molar-refractivity contribution < 1.29 is 9.18 Å². The molecule has 0 aliphatic carbocycles. The molecule has 0 radical (unpaired) electrons. The lowest BCUT2D eigenvalue weighted by molar-refractivity contribution is -0.120. The second kappa shape index (κ2) is 5.96. The molecule has 0 aromatic heterocycles. The Kier molecular flexibility index (Phi) is 4.04. The highest BCUT2D eigenvalue weighted by molar-refractivity contribution is 6.30. The number of carbonyl (C=O) groups is 1. The molecule has 1 atom stereocenters. The second-order valence-electron chi connectivity index (χ2n) is 5.24. The molecule has 1 heterocycles. The predicted octanol–water partition coefficient (Wildman–Crippen LogP) is 3.48. The highest BCUT2D eigenvalue weighted by Gasteiger charge is 2.26. The zero-order valence-corrected chi connectivity index (χ0v) is 12.2. The van der Waals surface area contributed by atoms with Crippen LogP contribution >= 0.6 is 11.6 Å². The van der Waals surface area contributed by atoms with Gasteiger partial charge in [-0.25, -0.2) is 4.39 Å². The van der Waals surface area contributed by atoms with Crippen LogP contribution in [0.1, 0.15) is 22.6 Å². The fraction of sp³-hybridized carbons (Fsp3) is 0.235. The molecule has 0 bridgehead atoms. The van der Waals surface area contributed by atoms with Crippen molar-refractivity contribution in [3.8, 4) is 0 Å². The average Bonchev–Trinajstić information content (AvgIpc) is 2.51. The summed E-state index contributed by atoms with van der Waals surface area (Å²) >= 11 is 5.77. The van der Waals surface area contributed by atoms with E-state index in [0.29, 0.717) is 12.1 Å². The van der Waals surface area contributed by atoms with Gasteiger partial charge in [0.2, 0.25) is 0 Å². The molecule has 0 saturated carbocycles. The smallest absolute Gasteiger partial charge is 0.146 e. The lowest BCUT2D eigenvalue weighted by atomic mass is 9.85. The Bertz CT molecular complexity index is 686. The van der Waals surface area contributed by atoms with Gasteiger partial charge in [0.25, 0.3) is 0 Å². The van der Waals surface area contributed by atoms with E-state index >= 15 is 0 Å². The summed E-state index contributed by atoms with van der Waals surface area (Å²) in [6.45, 7) is 1.36. The van der Waals surface area contributed by atoms with Crippen LogP contribution in [0.2, 0.25) is 5.02 Å². The molecule has 108 valence electrons. The van der Waals surface area contributed by atoms with Crippen LogP contribution < -0.4 is 5.32 Å². The van der Waals surface area contributed by atoms with Gasteiger partial charge >= 0.3 is 0 Å². The molecule has 3 rings (SSSR count). The van der Waals surface area contributed by atoms with Gasteiger partial charge in [0.1, 0.15) is 11.6 Å². The third-order valence-corrected chi connectivity index (χ3v) is 4.17. The maximum Gasteiger partial charge on any atom is 0.146 e. The largest absolute Gasteiger partial charge is 0.312 e. The van der Waals surface area contributed by atoms with Gasteiger partial charge in [0, 0.05) is 19.5 Å². The summed E-state index contributed by atoms with van der Waals surface area (Å²) in [7, 11) is 0. The number of fused-ring (bicyclic) bond motifs is 1. The summed E-state index contributed by atoms with van der Waals surface area (Å²) in [4.78, 5) is 12.5. The van der Waals surface area contributed by atoms with Crippen molar-refractivity contribution in [3.05, 3.63) is 70.0 Å². The van der Waals surface area contributed by atoms with E-state index in [0.717, 1.165) is 17.7 Å². The van der Waals surface area contributed by atoms with Crippen LogP contribution in [0, 0.1) is 5.82 Å². The topological polar surface area (TPSA) is 29.1 Å². The van der Waals surface area contributed by atoms with E-state index in [-0.39, 0.29) is 23.1 Å². The molecule has 2 nitrogen and oxygen atoms in total. The number of Topliss-reactive ketones (excluding diaryl/α,β-unsaturated/α-hetero) is 1. The lowest BCUT2D eigenvalue weighted by Crippen LogP contribution is -2.33. The summed E-state index contributed by atoms with van der Waals surface area (Å²) in [6.07, 6.45) is 0.0626. The number of rotatable bonds is 3. The van der Waals surface area contributed by atoms with Crippen molar-refractivity contribution in [1.29, 1.82) is 0 Å². The summed E-state index contributed by atoms with van der Waals surface area (Å²) in [5.74, 6) is -0.714. The minimum Gasteiger partial charge on any atom is -0.312 e. The first-order chi connectivity index (χ1) is 10.2. The van der Waals surface area contributed by atoms with Crippen LogP contribution in [0.25, 0.3) is 0 Å². The molecular weight excluding hydrogens is 289 g/mol. The number of nitrogens with one attached hydrogen (secondary N) is 1. The highest BCUT2D eigenvalue weighted by Crippen LogP contribution is 2.27. The van der Waals surface area contributed by atoms with E-state index in [4.69, 9.17) is 11.6 Å². The standard InChI is InChI=1S/C17H15ClFNO/c18-15-7-3-5-11(17(15)19)8-16(21)14-10-20-9-12-4-1-2-6-13(12)14/h1-7,14,20H,8-10H2. The van der Waals surface area contributed by atoms with Gasteiger partial charge in [0.15, 0.2) is 0 Å². The molecule has 0 spiro atoms. The van der Waals surface area contributed by atoms with Gasteiger partial charge < -0.3 is 5.32 Å². The van der Waals surface area contributed by atoms with Gasteiger partial charge in [-0.2, -0.15) is 0 Å². The molecule has 1 unspecified atom stereocenters. The molecule has 2 aromatic rings. The molecule has 21 heavy (non-hydrogen) atoms. The van der Waals surface area contributed by atoms with E-state index in [1.165, 1.54) is 6.07 Å². The van der Waals surface area contributed by atoms with Crippen LogP contribution in [0.15, 0.2) is 42.5 Å². The molecule has 4 heteroatoms. The maximum atomic E-state index is 13.9. The molecule has 0 fully saturated rings. The van der Waals surface area contributed by atoms with Crippen molar-refractivity contribution in [1.82, 2.24) is 5.32 Å². The van der Waals surface area contributed by atoms with Crippen LogP contribution in [0.3, 0.4) is 0 Å². The first kappa shape index (κ1) is 14.2. The second-order valence-corrected chi connectivity index (χ2v) is 5.65. The van der Waals surface area contributed by atoms with Crippen molar-refractivity contribution in [2.75, 3.05) is 6.54 Å². The summed E-state index contributed by atoms with van der Waals surface area (Å²) in [5, 5.41) is 3.30. The van der Waals surface area contributed by atoms with Gasteiger partial charge in [-0.15, -0.1) is 0 Å². The minimum absolute atomic E-state index is 0.0100. The zero-order chi connectivity index (χ0) is 14.8.